The van der Waals surface area contributed by atoms with Gasteiger partial charge in [-0.25, -0.2) is 4.39 Å². The molecule has 1 rings (SSSR count). The van der Waals surface area contributed by atoms with Crippen LogP contribution in [-0.4, -0.2) is 6.61 Å². The highest BCUT2D eigenvalue weighted by Gasteiger charge is 2.05. The zero-order valence-corrected chi connectivity index (χ0v) is 7.01. The standard InChI is InChI=1S/C9H12FNO/c1-2-6-12-9-7(10)4-3-5-8(9)11/h3-5H,2,6,11H2,1H3. The summed E-state index contributed by atoms with van der Waals surface area (Å²) in [5.41, 5.74) is 5.85. The van der Waals surface area contributed by atoms with Crippen LogP contribution in [0.25, 0.3) is 0 Å². The Bertz CT molecular complexity index is 242. The lowest BCUT2D eigenvalue weighted by Gasteiger charge is -2.07. The fourth-order valence-corrected chi connectivity index (χ4v) is 0.882. The maximum absolute atomic E-state index is 13.0. The molecule has 0 spiro atoms. The third-order valence-corrected chi connectivity index (χ3v) is 1.45. The molecule has 0 bridgehead atoms. The Kier molecular flexibility index (Phi) is 2.91. The fraction of sp³-hybridized carbons (Fsp3) is 0.333. The largest absolute Gasteiger partial charge is 0.488 e. The van der Waals surface area contributed by atoms with Crippen molar-refractivity contribution in [2.75, 3.05) is 12.3 Å². The second-order valence-electron chi connectivity index (χ2n) is 2.51. The molecule has 2 nitrogen and oxygen atoms in total. The average molecular weight is 169 g/mol. The van der Waals surface area contributed by atoms with Gasteiger partial charge in [0.1, 0.15) is 0 Å². The Labute approximate surface area is 71.1 Å². The summed E-state index contributed by atoms with van der Waals surface area (Å²) in [6.07, 6.45) is 0.841. The normalized spacial score (nSPS) is 9.83. The molecule has 0 unspecified atom stereocenters. The Morgan fingerprint density at radius 3 is 2.83 bits per heavy atom. The SMILES string of the molecule is CCCOc1c(N)cccc1F. The van der Waals surface area contributed by atoms with Gasteiger partial charge in [0.05, 0.1) is 12.3 Å². The van der Waals surface area contributed by atoms with Crippen LogP contribution in [0.15, 0.2) is 18.2 Å². The molecule has 0 aliphatic heterocycles. The van der Waals surface area contributed by atoms with Crippen molar-refractivity contribution in [3.05, 3.63) is 24.0 Å². The molecule has 1 aromatic carbocycles. The number of para-hydroxylation sites is 1. The first-order chi connectivity index (χ1) is 5.75. The summed E-state index contributed by atoms with van der Waals surface area (Å²) >= 11 is 0. The Hall–Kier alpha value is -1.25. The van der Waals surface area contributed by atoms with Gasteiger partial charge >= 0.3 is 0 Å². The van der Waals surface area contributed by atoms with E-state index in [1.807, 2.05) is 6.92 Å². The molecule has 0 heterocycles. The van der Waals surface area contributed by atoms with E-state index in [2.05, 4.69) is 0 Å². The van der Waals surface area contributed by atoms with Gasteiger partial charge in [-0.15, -0.1) is 0 Å². The molecular weight excluding hydrogens is 157 g/mol. The monoisotopic (exact) mass is 169 g/mol. The van der Waals surface area contributed by atoms with Gasteiger partial charge in [-0.05, 0) is 18.6 Å². The van der Waals surface area contributed by atoms with Crippen LogP contribution in [-0.2, 0) is 0 Å². The highest BCUT2D eigenvalue weighted by atomic mass is 19.1. The van der Waals surface area contributed by atoms with Gasteiger partial charge < -0.3 is 10.5 Å². The molecule has 0 saturated heterocycles. The summed E-state index contributed by atoms with van der Waals surface area (Å²) in [6, 6.07) is 4.51. The molecule has 0 saturated carbocycles. The van der Waals surface area contributed by atoms with E-state index in [-0.39, 0.29) is 5.75 Å². The van der Waals surface area contributed by atoms with Gasteiger partial charge in [0.2, 0.25) is 0 Å². The number of ether oxygens (including phenoxy) is 1. The number of halogens is 1. The van der Waals surface area contributed by atoms with E-state index in [4.69, 9.17) is 10.5 Å². The highest BCUT2D eigenvalue weighted by molar-refractivity contribution is 5.52. The number of rotatable bonds is 3. The first-order valence-corrected chi connectivity index (χ1v) is 3.92. The van der Waals surface area contributed by atoms with E-state index in [9.17, 15) is 4.39 Å². The van der Waals surface area contributed by atoms with Crippen LogP contribution in [0.4, 0.5) is 10.1 Å². The summed E-state index contributed by atoms with van der Waals surface area (Å²) in [4.78, 5) is 0. The zero-order valence-electron chi connectivity index (χ0n) is 7.01. The van der Waals surface area contributed by atoms with E-state index in [0.717, 1.165) is 6.42 Å². The maximum Gasteiger partial charge on any atom is 0.177 e. The molecule has 3 heteroatoms. The highest BCUT2D eigenvalue weighted by Crippen LogP contribution is 2.24. The maximum atomic E-state index is 13.0. The van der Waals surface area contributed by atoms with Gasteiger partial charge in [0, 0.05) is 0 Å². The van der Waals surface area contributed by atoms with Gasteiger partial charge in [-0.2, -0.15) is 0 Å². The minimum Gasteiger partial charge on any atom is -0.488 e. The molecule has 0 aliphatic carbocycles. The number of anilines is 1. The van der Waals surface area contributed by atoms with Gasteiger partial charge in [-0.1, -0.05) is 13.0 Å². The Balaban J connectivity index is 2.81. The van der Waals surface area contributed by atoms with Crippen molar-refractivity contribution in [1.82, 2.24) is 0 Å². The van der Waals surface area contributed by atoms with Crippen molar-refractivity contribution in [2.45, 2.75) is 13.3 Å². The number of hydrogen-bond acceptors (Lipinski definition) is 2. The van der Waals surface area contributed by atoms with E-state index in [1.165, 1.54) is 6.07 Å². The number of nitrogens with two attached hydrogens (primary N) is 1. The van der Waals surface area contributed by atoms with Gasteiger partial charge in [0.15, 0.2) is 11.6 Å². The minimum absolute atomic E-state index is 0.166. The van der Waals surface area contributed by atoms with E-state index < -0.39 is 5.82 Å². The van der Waals surface area contributed by atoms with Crippen LogP contribution in [0, 0.1) is 5.82 Å². The third-order valence-electron chi connectivity index (χ3n) is 1.45. The van der Waals surface area contributed by atoms with Crippen molar-refractivity contribution in [3.8, 4) is 5.75 Å². The summed E-state index contributed by atoms with van der Waals surface area (Å²) in [6.45, 7) is 2.45. The minimum atomic E-state index is -0.400. The number of benzene rings is 1. The molecule has 0 fully saturated rings. The lowest BCUT2D eigenvalue weighted by molar-refractivity contribution is 0.303. The lowest BCUT2D eigenvalue weighted by atomic mass is 10.3. The van der Waals surface area contributed by atoms with Crippen molar-refractivity contribution < 1.29 is 9.13 Å². The van der Waals surface area contributed by atoms with Crippen LogP contribution in [0.2, 0.25) is 0 Å². The number of nitrogen functional groups attached to an aromatic ring is 1. The lowest BCUT2D eigenvalue weighted by Crippen LogP contribution is -2.00. The molecule has 0 aromatic heterocycles. The van der Waals surface area contributed by atoms with Crippen molar-refractivity contribution in [2.24, 2.45) is 0 Å². The Morgan fingerprint density at radius 2 is 2.25 bits per heavy atom. The molecule has 0 atom stereocenters. The van der Waals surface area contributed by atoms with Gasteiger partial charge in [-0.3, -0.25) is 0 Å². The van der Waals surface area contributed by atoms with Crippen molar-refractivity contribution in [3.63, 3.8) is 0 Å². The predicted octanol–water partition coefficient (Wildman–Crippen LogP) is 2.20. The topological polar surface area (TPSA) is 35.2 Å². The molecular formula is C9H12FNO. The molecule has 66 valence electrons. The first kappa shape index (κ1) is 8.84. The van der Waals surface area contributed by atoms with Crippen LogP contribution >= 0.6 is 0 Å². The van der Waals surface area contributed by atoms with E-state index >= 15 is 0 Å². The van der Waals surface area contributed by atoms with Crippen LogP contribution in [0.5, 0.6) is 5.75 Å². The predicted molar refractivity (Wildman–Crippen MR) is 46.6 cm³/mol. The second kappa shape index (κ2) is 3.95. The molecule has 0 amide bonds. The summed E-state index contributed by atoms with van der Waals surface area (Å²) < 4.78 is 18.1. The zero-order chi connectivity index (χ0) is 8.97. The smallest absolute Gasteiger partial charge is 0.177 e. The fourth-order valence-electron chi connectivity index (χ4n) is 0.882. The van der Waals surface area contributed by atoms with Crippen molar-refractivity contribution >= 4 is 5.69 Å². The number of hydrogen-bond donors (Lipinski definition) is 1. The van der Waals surface area contributed by atoms with Crippen LogP contribution < -0.4 is 10.5 Å². The van der Waals surface area contributed by atoms with Gasteiger partial charge in [0.25, 0.3) is 0 Å². The molecule has 1 aromatic rings. The average Bonchev–Trinajstić information content (AvgIpc) is 2.04. The quantitative estimate of drug-likeness (QED) is 0.704. The summed E-state index contributed by atoms with van der Waals surface area (Å²) in [7, 11) is 0. The van der Waals surface area contributed by atoms with Crippen molar-refractivity contribution in [1.29, 1.82) is 0 Å². The van der Waals surface area contributed by atoms with Crippen LogP contribution in [0.3, 0.4) is 0 Å². The first-order valence-electron chi connectivity index (χ1n) is 3.92. The Morgan fingerprint density at radius 1 is 1.50 bits per heavy atom. The van der Waals surface area contributed by atoms with E-state index in [1.54, 1.807) is 12.1 Å². The molecule has 0 aliphatic rings. The molecule has 12 heavy (non-hydrogen) atoms. The van der Waals surface area contributed by atoms with Crippen LogP contribution in [0.1, 0.15) is 13.3 Å². The van der Waals surface area contributed by atoms with E-state index in [0.29, 0.717) is 12.3 Å². The molecule has 2 N–H and O–H groups in total. The molecule has 0 radical (unpaired) electrons. The summed E-state index contributed by atoms with van der Waals surface area (Å²) in [5, 5.41) is 0. The third kappa shape index (κ3) is 1.87. The summed E-state index contributed by atoms with van der Waals surface area (Å²) in [5.74, 6) is -0.234. The second-order valence-corrected chi connectivity index (χ2v) is 2.51.